The van der Waals surface area contributed by atoms with E-state index in [1.54, 1.807) is 24.9 Å². The molecule has 0 amide bonds. The molecule has 0 aliphatic rings. The maximum Gasteiger partial charge on any atom is 0.145 e. The first-order valence-corrected chi connectivity index (χ1v) is 10.6. The van der Waals surface area contributed by atoms with E-state index in [0.29, 0.717) is 35.6 Å². The summed E-state index contributed by atoms with van der Waals surface area (Å²) in [6, 6.07) is 5.36. The zero-order chi connectivity index (χ0) is 19.9. The zero-order valence-corrected chi connectivity index (χ0v) is 19.0. The van der Waals surface area contributed by atoms with Crippen molar-refractivity contribution in [3.8, 4) is 5.75 Å². The van der Waals surface area contributed by atoms with E-state index in [0.717, 1.165) is 16.9 Å². The minimum Gasteiger partial charge on any atom is -0.496 e. The Hall–Kier alpha value is -1.12. The Labute approximate surface area is 178 Å². The van der Waals surface area contributed by atoms with Crippen LogP contribution in [0.15, 0.2) is 32.6 Å². The van der Waals surface area contributed by atoms with Crippen LogP contribution in [-0.2, 0) is 22.3 Å². The number of nitrogens with zero attached hydrogens (tertiary/aromatic N) is 2. The van der Waals surface area contributed by atoms with Crippen molar-refractivity contribution >= 4 is 61.0 Å². The van der Waals surface area contributed by atoms with Gasteiger partial charge in [-0.2, -0.15) is 0 Å². The highest BCUT2D eigenvalue weighted by molar-refractivity contribution is 9.10. The van der Waals surface area contributed by atoms with E-state index in [4.69, 9.17) is 32.7 Å². The van der Waals surface area contributed by atoms with Gasteiger partial charge in [-0.3, -0.25) is 4.57 Å². The highest BCUT2D eigenvalue weighted by atomic mass is 79.9. The van der Waals surface area contributed by atoms with Crippen molar-refractivity contribution in [3.05, 3.63) is 44.1 Å². The lowest BCUT2D eigenvalue weighted by Crippen LogP contribution is -2.04. The molecule has 2 aromatic heterocycles. The van der Waals surface area contributed by atoms with E-state index in [-0.39, 0.29) is 6.73 Å². The van der Waals surface area contributed by atoms with E-state index in [1.807, 2.05) is 26.0 Å². The third kappa shape index (κ3) is 3.63. The van der Waals surface area contributed by atoms with E-state index >= 15 is 0 Å². The second-order valence-electron chi connectivity index (χ2n) is 5.95. The van der Waals surface area contributed by atoms with Crippen LogP contribution in [-0.4, -0.2) is 28.0 Å². The monoisotopic (exact) mass is 490 g/mol. The molecule has 0 saturated carbocycles. The van der Waals surface area contributed by atoms with Gasteiger partial charge < -0.3 is 9.47 Å². The summed E-state index contributed by atoms with van der Waals surface area (Å²) in [6.07, 6.45) is 0. The van der Waals surface area contributed by atoms with Gasteiger partial charge in [-0.15, -0.1) is 0 Å². The van der Waals surface area contributed by atoms with Crippen molar-refractivity contribution in [2.24, 2.45) is 0 Å². The Morgan fingerprint density at radius 3 is 2.37 bits per heavy atom. The van der Waals surface area contributed by atoms with E-state index in [1.165, 1.54) is 0 Å². The van der Waals surface area contributed by atoms with Crippen LogP contribution in [0.25, 0.3) is 11.0 Å². The Morgan fingerprint density at radius 2 is 1.81 bits per heavy atom. The lowest BCUT2D eigenvalue weighted by Gasteiger charge is -2.13. The third-order valence-electron chi connectivity index (χ3n) is 4.14. The number of aryl methyl sites for hydroxylation is 2. The van der Waals surface area contributed by atoms with Crippen LogP contribution in [0.3, 0.4) is 0 Å². The van der Waals surface area contributed by atoms with Crippen molar-refractivity contribution in [1.82, 2.24) is 9.55 Å². The first-order valence-electron chi connectivity index (χ1n) is 7.89. The molecule has 0 saturated heterocycles. The summed E-state index contributed by atoms with van der Waals surface area (Å²) >= 11 is 16.3. The predicted molar refractivity (Wildman–Crippen MR) is 112 cm³/mol. The molecule has 0 spiro atoms. The number of fused-ring (bicyclic) bond motifs is 1. The Bertz CT molecular complexity index is 1050. The number of benzene rings is 1. The number of methoxy groups -OCH3 is 2. The predicted octanol–water partition coefficient (Wildman–Crippen LogP) is 5.50. The topological polar surface area (TPSA) is 53.4 Å². The van der Waals surface area contributed by atoms with Crippen molar-refractivity contribution in [2.45, 2.75) is 30.4 Å². The van der Waals surface area contributed by atoms with E-state index in [9.17, 15) is 4.21 Å². The second-order valence-corrected chi connectivity index (χ2v) is 8.89. The zero-order valence-electron chi connectivity index (χ0n) is 15.1. The van der Waals surface area contributed by atoms with Gasteiger partial charge in [0.1, 0.15) is 27.9 Å². The molecular weight excluding hydrogens is 475 g/mol. The molecule has 27 heavy (non-hydrogen) atoms. The summed E-state index contributed by atoms with van der Waals surface area (Å²) in [7, 11) is 1.64. The van der Waals surface area contributed by atoms with Gasteiger partial charge in [-0.25, -0.2) is 9.19 Å². The molecular formula is C18H17BrCl2N2O3S. The third-order valence-corrected chi connectivity index (χ3v) is 7.23. The highest BCUT2D eigenvalue weighted by Gasteiger charge is 2.23. The first-order chi connectivity index (χ1) is 12.8. The molecule has 3 rings (SSSR count). The number of rotatable bonds is 5. The smallest absolute Gasteiger partial charge is 0.145 e. The summed E-state index contributed by atoms with van der Waals surface area (Å²) in [5.74, 6) is 0.776. The van der Waals surface area contributed by atoms with E-state index in [2.05, 4.69) is 20.9 Å². The number of halogens is 3. The molecule has 3 aromatic rings. The quantitative estimate of drug-likeness (QED) is 0.442. The van der Waals surface area contributed by atoms with Gasteiger partial charge in [0.2, 0.25) is 0 Å². The molecule has 1 aromatic carbocycles. The highest BCUT2D eigenvalue weighted by Crippen LogP contribution is 2.39. The van der Waals surface area contributed by atoms with Crippen LogP contribution in [0.1, 0.15) is 11.1 Å². The lowest BCUT2D eigenvalue weighted by molar-refractivity contribution is 0.134. The normalized spacial score (nSPS) is 12.6. The van der Waals surface area contributed by atoms with Crippen molar-refractivity contribution in [2.75, 3.05) is 14.2 Å². The van der Waals surface area contributed by atoms with Gasteiger partial charge in [0.15, 0.2) is 0 Å². The SMILES string of the molecule is COCn1c(Cl)cc2c(Cl)c(S(=O)c3cc(C)c(OC)c(C)c3)c(Br)nc21. The number of hydrogen-bond donors (Lipinski definition) is 0. The van der Waals surface area contributed by atoms with Crippen LogP contribution in [0.5, 0.6) is 5.75 Å². The fourth-order valence-electron chi connectivity index (χ4n) is 3.01. The van der Waals surface area contributed by atoms with Crippen LogP contribution in [0.2, 0.25) is 10.2 Å². The minimum atomic E-state index is -1.54. The molecule has 144 valence electrons. The molecule has 0 aliphatic carbocycles. The Kier molecular flexibility index (Phi) is 6.17. The molecule has 0 bridgehead atoms. The van der Waals surface area contributed by atoms with Gasteiger partial charge in [0.25, 0.3) is 0 Å². The van der Waals surface area contributed by atoms with Crippen molar-refractivity contribution in [3.63, 3.8) is 0 Å². The Balaban J connectivity index is 2.19. The molecule has 5 nitrogen and oxygen atoms in total. The van der Waals surface area contributed by atoms with Gasteiger partial charge >= 0.3 is 0 Å². The van der Waals surface area contributed by atoms with E-state index < -0.39 is 10.8 Å². The summed E-state index contributed by atoms with van der Waals surface area (Å²) in [4.78, 5) is 5.54. The Morgan fingerprint density at radius 1 is 1.19 bits per heavy atom. The van der Waals surface area contributed by atoms with Gasteiger partial charge in [0.05, 0.1) is 27.8 Å². The van der Waals surface area contributed by atoms with Crippen molar-refractivity contribution in [1.29, 1.82) is 0 Å². The number of aromatic nitrogens is 2. The van der Waals surface area contributed by atoms with Crippen LogP contribution < -0.4 is 4.74 Å². The van der Waals surface area contributed by atoms with Gasteiger partial charge in [-0.1, -0.05) is 23.2 Å². The lowest BCUT2D eigenvalue weighted by atomic mass is 10.1. The summed E-state index contributed by atoms with van der Waals surface area (Å²) < 4.78 is 25.9. The summed E-state index contributed by atoms with van der Waals surface area (Å²) in [5.41, 5.74) is 2.36. The van der Waals surface area contributed by atoms with Crippen LogP contribution in [0, 0.1) is 13.8 Å². The summed E-state index contributed by atoms with van der Waals surface area (Å²) in [5, 5.41) is 1.40. The maximum atomic E-state index is 13.3. The van der Waals surface area contributed by atoms with Gasteiger partial charge in [-0.05, 0) is 59.1 Å². The van der Waals surface area contributed by atoms with Crippen LogP contribution >= 0.6 is 39.1 Å². The average molecular weight is 492 g/mol. The molecule has 0 N–H and O–H groups in total. The fraction of sp³-hybridized carbons (Fsp3) is 0.278. The standard InChI is InChI=1S/C18H17BrCl2N2O3S/c1-9-5-11(6-10(2)15(9)26-4)27(24)16-14(21)12-7-13(20)23(8-25-3)18(12)22-17(16)19/h5-7H,8H2,1-4H3. The molecule has 1 atom stereocenters. The second kappa shape index (κ2) is 8.09. The molecule has 0 aliphatic heterocycles. The van der Waals surface area contributed by atoms with Gasteiger partial charge in [0, 0.05) is 17.4 Å². The maximum absolute atomic E-state index is 13.3. The number of pyridine rings is 1. The number of hydrogen-bond acceptors (Lipinski definition) is 4. The fourth-order valence-corrected chi connectivity index (χ4v) is 5.89. The molecule has 0 radical (unpaired) electrons. The molecule has 0 fully saturated rings. The molecule has 9 heteroatoms. The molecule has 1 unspecified atom stereocenters. The number of ether oxygens (including phenoxy) is 2. The minimum absolute atomic E-state index is 0.234. The average Bonchev–Trinajstić information content (AvgIpc) is 2.91. The molecule has 2 heterocycles. The largest absolute Gasteiger partial charge is 0.496 e. The van der Waals surface area contributed by atoms with Crippen molar-refractivity contribution < 1.29 is 13.7 Å². The summed E-state index contributed by atoms with van der Waals surface area (Å²) in [6.45, 7) is 4.06. The first kappa shape index (κ1) is 20.6. The van der Waals surface area contributed by atoms with Crippen LogP contribution in [0.4, 0.5) is 0 Å².